The van der Waals surface area contributed by atoms with Crippen LogP contribution in [0.4, 0.5) is 0 Å². The molecule has 18 heavy (non-hydrogen) atoms. The van der Waals surface area contributed by atoms with Gasteiger partial charge in [-0.2, -0.15) is 0 Å². The maximum Gasteiger partial charge on any atom is 0.213 e. The molecule has 0 aromatic carbocycles. The van der Waals surface area contributed by atoms with Crippen LogP contribution in [-0.2, 0) is 5.41 Å². The first-order valence-electron chi connectivity index (χ1n) is 6.66. The fourth-order valence-electron chi connectivity index (χ4n) is 2.17. The van der Waals surface area contributed by atoms with E-state index in [0.29, 0.717) is 12.1 Å². The summed E-state index contributed by atoms with van der Waals surface area (Å²) in [5.74, 6) is 0.768. The van der Waals surface area contributed by atoms with E-state index in [2.05, 4.69) is 56.9 Å². The maximum absolute atomic E-state index is 5.93. The second-order valence-corrected chi connectivity index (χ2v) is 6.46. The van der Waals surface area contributed by atoms with Gasteiger partial charge in [0.05, 0.1) is 0 Å². The van der Waals surface area contributed by atoms with Gasteiger partial charge < -0.3 is 9.64 Å². The van der Waals surface area contributed by atoms with Gasteiger partial charge in [0.15, 0.2) is 0 Å². The van der Waals surface area contributed by atoms with Crippen molar-refractivity contribution in [3.63, 3.8) is 0 Å². The van der Waals surface area contributed by atoms with Crippen molar-refractivity contribution in [2.75, 3.05) is 14.1 Å². The van der Waals surface area contributed by atoms with Gasteiger partial charge in [-0.15, -0.1) is 0 Å². The van der Waals surface area contributed by atoms with Gasteiger partial charge in [-0.05, 0) is 31.1 Å². The lowest BCUT2D eigenvalue weighted by molar-refractivity contribution is 0.0369. The Hall–Kier alpha value is -1.09. The molecule has 100 valence electrons. The zero-order valence-electron chi connectivity index (χ0n) is 12.1. The summed E-state index contributed by atoms with van der Waals surface area (Å²) in [4.78, 5) is 6.57. The van der Waals surface area contributed by atoms with Gasteiger partial charge in [-0.3, -0.25) is 0 Å². The minimum Gasteiger partial charge on any atom is -0.474 e. The summed E-state index contributed by atoms with van der Waals surface area (Å²) >= 11 is 0. The van der Waals surface area contributed by atoms with Gasteiger partial charge in [0.25, 0.3) is 0 Å². The SMILES string of the molecule is CN(C)[C@H]1C[C@@H](Oc2cc(C(C)(C)C)ccn2)C1. The molecule has 0 amide bonds. The molecule has 0 N–H and O–H groups in total. The molecule has 3 nitrogen and oxygen atoms in total. The molecule has 1 fully saturated rings. The average Bonchev–Trinajstić information content (AvgIpc) is 2.21. The van der Waals surface area contributed by atoms with Crippen molar-refractivity contribution in [1.82, 2.24) is 9.88 Å². The number of nitrogens with zero attached hydrogens (tertiary/aromatic N) is 2. The first-order valence-corrected chi connectivity index (χ1v) is 6.66. The van der Waals surface area contributed by atoms with Gasteiger partial charge in [0.1, 0.15) is 6.10 Å². The van der Waals surface area contributed by atoms with Crippen molar-refractivity contribution in [1.29, 1.82) is 0 Å². The standard InChI is InChI=1S/C15H24N2O/c1-15(2,3)11-6-7-16-14(8-11)18-13-9-12(10-13)17(4)5/h6-8,12-13H,9-10H2,1-5H3/t12-,13+. The highest BCUT2D eigenvalue weighted by Crippen LogP contribution is 2.29. The van der Waals surface area contributed by atoms with Crippen LogP contribution in [-0.4, -0.2) is 36.1 Å². The van der Waals surface area contributed by atoms with Crippen LogP contribution in [0.3, 0.4) is 0 Å². The Labute approximate surface area is 110 Å². The van der Waals surface area contributed by atoms with Crippen LogP contribution in [0.15, 0.2) is 18.3 Å². The molecule has 0 aliphatic heterocycles. The number of rotatable bonds is 3. The van der Waals surface area contributed by atoms with Crippen LogP contribution in [0.2, 0.25) is 0 Å². The molecule has 3 heteroatoms. The molecule has 1 heterocycles. The van der Waals surface area contributed by atoms with E-state index in [9.17, 15) is 0 Å². The third-order valence-corrected chi connectivity index (χ3v) is 3.69. The molecule has 1 saturated carbocycles. The van der Waals surface area contributed by atoms with Crippen molar-refractivity contribution in [3.05, 3.63) is 23.9 Å². The predicted molar refractivity (Wildman–Crippen MR) is 74.1 cm³/mol. The lowest BCUT2D eigenvalue weighted by Gasteiger charge is -2.39. The fourth-order valence-corrected chi connectivity index (χ4v) is 2.17. The molecular weight excluding hydrogens is 224 g/mol. The zero-order valence-corrected chi connectivity index (χ0v) is 12.1. The lowest BCUT2D eigenvalue weighted by Crippen LogP contribution is -2.46. The predicted octanol–water partition coefficient (Wildman–Crippen LogP) is 2.85. The van der Waals surface area contributed by atoms with Crippen LogP contribution in [0.25, 0.3) is 0 Å². The Bertz CT molecular complexity index is 403. The number of ether oxygens (including phenoxy) is 1. The highest BCUT2D eigenvalue weighted by molar-refractivity contribution is 5.26. The van der Waals surface area contributed by atoms with E-state index >= 15 is 0 Å². The zero-order chi connectivity index (χ0) is 13.3. The Morgan fingerprint density at radius 2 is 1.94 bits per heavy atom. The summed E-state index contributed by atoms with van der Waals surface area (Å²) in [5, 5.41) is 0. The molecule has 1 aromatic heterocycles. The Balaban J connectivity index is 1.95. The van der Waals surface area contributed by atoms with E-state index in [-0.39, 0.29) is 5.41 Å². The molecule has 1 aromatic rings. The number of hydrogen-bond acceptors (Lipinski definition) is 3. The summed E-state index contributed by atoms with van der Waals surface area (Å²) < 4.78 is 5.93. The first kappa shape index (κ1) is 13.3. The summed E-state index contributed by atoms with van der Waals surface area (Å²) in [6, 6.07) is 4.81. The van der Waals surface area contributed by atoms with E-state index in [0.717, 1.165) is 18.7 Å². The van der Waals surface area contributed by atoms with Gasteiger partial charge in [0, 0.05) is 31.1 Å². The van der Waals surface area contributed by atoms with Gasteiger partial charge in [-0.1, -0.05) is 20.8 Å². The molecule has 1 aliphatic rings. The molecule has 0 unspecified atom stereocenters. The van der Waals surface area contributed by atoms with E-state index in [4.69, 9.17) is 4.74 Å². The third-order valence-electron chi connectivity index (χ3n) is 3.69. The summed E-state index contributed by atoms with van der Waals surface area (Å²) in [5.41, 5.74) is 1.42. The molecular formula is C15H24N2O. The second kappa shape index (κ2) is 4.88. The van der Waals surface area contributed by atoms with E-state index in [1.807, 2.05) is 6.20 Å². The summed E-state index contributed by atoms with van der Waals surface area (Å²) in [6.07, 6.45) is 4.39. The average molecular weight is 248 g/mol. The minimum atomic E-state index is 0.146. The Kier molecular flexibility index (Phi) is 3.62. The van der Waals surface area contributed by atoms with E-state index in [1.54, 1.807) is 0 Å². The molecule has 0 spiro atoms. The van der Waals surface area contributed by atoms with Gasteiger partial charge in [-0.25, -0.2) is 4.98 Å². The first-order chi connectivity index (χ1) is 8.36. The quantitative estimate of drug-likeness (QED) is 0.822. The van der Waals surface area contributed by atoms with Crippen LogP contribution in [0.5, 0.6) is 5.88 Å². The topological polar surface area (TPSA) is 25.4 Å². The van der Waals surface area contributed by atoms with E-state index < -0.39 is 0 Å². The van der Waals surface area contributed by atoms with Gasteiger partial charge >= 0.3 is 0 Å². The number of aromatic nitrogens is 1. The molecule has 0 saturated heterocycles. The van der Waals surface area contributed by atoms with Crippen LogP contribution < -0.4 is 4.74 Å². The molecule has 1 aliphatic carbocycles. The van der Waals surface area contributed by atoms with Crippen LogP contribution in [0, 0.1) is 0 Å². The van der Waals surface area contributed by atoms with Crippen molar-refractivity contribution in [2.24, 2.45) is 0 Å². The number of pyridine rings is 1. The monoisotopic (exact) mass is 248 g/mol. The molecule has 0 atom stereocenters. The minimum absolute atomic E-state index is 0.146. The highest BCUT2D eigenvalue weighted by Gasteiger charge is 2.32. The second-order valence-electron chi connectivity index (χ2n) is 6.46. The fraction of sp³-hybridized carbons (Fsp3) is 0.667. The molecule has 0 radical (unpaired) electrons. The molecule has 2 rings (SSSR count). The third kappa shape index (κ3) is 3.02. The Morgan fingerprint density at radius 1 is 1.28 bits per heavy atom. The van der Waals surface area contributed by atoms with Crippen molar-refractivity contribution >= 4 is 0 Å². The summed E-state index contributed by atoms with van der Waals surface area (Å²) in [6.45, 7) is 6.62. The highest BCUT2D eigenvalue weighted by atomic mass is 16.5. The van der Waals surface area contributed by atoms with Crippen LogP contribution in [0.1, 0.15) is 39.2 Å². The maximum atomic E-state index is 5.93. The number of hydrogen-bond donors (Lipinski definition) is 0. The van der Waals surface area contributed by atoms with Gasteiger partial charge in [0.2, 0.25) is 5.88 Å². The Morgan fingerprint density at radius 3 is 2.50 bits per heavy atom. The summed E-state index contributed by atoms with van der Waals surface area (Å²) in [7, 11) is 4.25. The lowest BCUT2D eigenvalue weighted by atomic mass is 9.87. The van der Waals surface area contributed by atoms with Crippen LogP contribution >= 0.6 is 0 Å². The smallest absolute Gasteiger partial charge is 0.213 e. The van der Waals surface area contributed by atoms with E-state index in [1.165, 1.54) is 5.56 Å². The van der Waals surface area contributed by atoms with Crippen molar-refractivity contribution in [3.8, 4) is 5.88 Å². The molecule has 0 bridgehead atoms. The van der Waals surface area contributed by atoms with Crippen molar-refractivity contribution < 1.29 is 4.74 Å². The van der Waals surface area contributed by atoms with Crippen molar-refractivity contribution in [2.45, 2.75) is 51.2 Å². The normalized spacial score (nSPS) is 23.9. The largest absolute Gasteiger partial charge is 0.474 e.